The van der Waals surface area contributed by atoms with E-state index in [4.69, 9.17) is 0 Å². The first-order valence-corrected chi connectivity index (χ1v) is 7.83. The van der Waals surface area contributed by atoms with Crippen molar-refractivity contribution in [2.24, 2.45) is 0 Å². The molecule has 0 saturated carbocycles. The second-order valence-corrected chi connectivity index (χ2v) is 6.03. The van der Waals surface area contributed by atoms with E-state index in [9.17, 15) is 13.2 Å². The molecular weight excluding hydrogens is 325 g/mol. The number of benzene rings is 3. The predicted octanol–water partition coefficient (Wildman–Crippen LogP) is 5.81. The van der Waals surface area contributed by atoms with Gasteiger partial charge in [0.25, 0.3) is 0 Å². The smallest absolute Gasteiger partial charge is 0.292 e. The van der Waals surface area contributed by atoms with E-state index in [0.717, 1.165) is 33.3 Å². The average Bonchev–Trinajstić information content (AvgIpc) is 3.01. The minimum Gasteiger partial charge on any atom is -0.292 e. The van der Waals surface area contributed by atoms with Crippen molar-refractivity contribution in [2.75, 3.05) is 0 Å². The van der Waals surface area contributed by atoms with Gasteiger partial charge in [-0.3, -0.25) is 4.40 Å². The molecule has 2 aromatic heterocycles. The third-order valence-electron chi connectivity index (χ3n) is 4.58. The number of fused-ring (bicyclic) bond motifs is 8. The highest BCUT2D eigenvalue weighted by molar-refractivity contribution is 6.13. The highest BCUT2D eigenvalue weighted by atomic mass is 19.4. The fourth-order valence-corrected chi connectivity index (χ4v) is 3.48. The Hall–Kier alpha value is -3.08. The average molecular weight is 336 g/mol. The Morgan fingerprint density at radius 1 is 0.720 bits per heavy atom. The quantitative estimate of drug-likeness (QED) is 0.326. The Balaban J connectivity index is 2.11. The normalized spacial score (nSPS) is 12.6. The highest BCUT2D eigenvalue weighted by Gasteiger charge is 2.31. The van der Waals surface area contributed by atoms with Gasteiger partial charge in [0.2, 0.25) is 0 Å². The van der Waals surface area contributed by atoms with E-state index in [1.165, 1.54) is 6.07 Å². The summed E-state index contributed by atoms with van der Waals surface area (Å²) in [5.41, 5.74) is 2.08. The van der Waals surface area contributed by atoms with E-state index in [1.54, 1.807) is 6.07 Å². The number of imidazole rings is 1. The van der Waals surface area contributed by atoms with Crippen LogP contribution in [0.2, 0.25) is 0 Å². The van der Waals surface area contributed by atoms with Crippen LogP contribution in [-0.2, 0) is 6.18 Å². The summed E-state index contributed by atoms with van der Waals surface area (Å²) in [5.74, 6) is 0. The van der Waals surface area contributed by atoms with Gasteiger partial charge in [-0.05, 0) is 29.7 Å². The number of nitrogens with zero attached hydrogens (tertiary/aromatic N) is 2. The molecule has 2 heterocycles. The minimum atomic E-state index is -4.39. The third kappa shape index (κ3) is 1.95. The van der Waals surface area contributed by atoms with Crippen molar-refractivity contribution in [3.63, 3.8) is 0 Å². The molecule has 0 aliphatic carbocycles. The van der Waals surface area contributed by atoms with Gasteiger partial charge >= 0.3 is 6.18 Å². The van der Waals surface area contributed by atoms with Gasteiger partial charge in [0.05, 0.1) is 22.1 Å². The lowest BCUT2D eigenvalue weighted by molar-refractivity contribution is -0.137. The Morgan fingerprint density at radius 3 is 2.24 bits per heavy atom. The molecule has 0 fully saturated rings. The van der Waals surface area contributed by atoms with E-state index in [-0.39, 0.29) is 0 Å². The van der Waals surface area contributed by atoms with Crippen LogP contribution in [-0.4, -0.2) is 9.38 Å². The Bertz CT molecular complexity index is 1280. The number of rotatable bonds is 0. The van der Waals surface area contributed by atoms with Gasteiger partial charge in [0.15, 0.2) is 0 Å². The predicted molar refractivity (Wildman–Crippen MR) is 92.7 cm³/mol. The Kier molecular flexibility index (Phi) is 2.70. The molecule has 122 valence electrons. The molecule has 5 heteroatoms. The summed E-state index contributed by atoms with van der Waals surface area (Å²) < 4.78 is 41.6. The number of pyridine rings is 1. The lowest BCUT2D eigenvalue weighted by Crippen LogP contribution is -2.05. The second kappa shape index (κ2) is 4.72. The number of alkyl halides is 3. The molecule has 0 amide bonds. The molecule has 3 aromatic carbocycles. The van der Waals surface area contributed by atoms with Crippen LogP contribution >= 0.6 is 0 Å². The zero-order valence-electron chi connectivity index (χ0n) is 12.9. The van der Waals surface area contributed by atoms with Crippen LogP contribution < -0.4 is 0 Å². The summed E-state index contributed by atoms with van der Waals surface area (Å²) >= 11 is 0. The van der Waals surface area contributed by atoms with Gasteiger partial charge in [-0.2, -0.15) is 13.2 Å². The maximum Gasteiger partial charge on any atom is 0.416 e. The number of para-hydroxylation sites is 2. The Morgan fingerprint density at radius 2 is 1.44 bits per heavy atom. The third-order valence-corrected chi connectivity index (χ3v) is 4.58. The van der Waals surface area contributed by atoms with Gasteiger partial charge in [0, 0.05) is 10.8 Å². The molecule has 0 saturated heterocycles. The second-order valence-electron chi connectivity index (χ2n) is 6.03. The molecule has 5 rings (SSSR count). The number of hydrogen-bond acceptors (Lipinski definition) is 1. The van der Waals surface area contributed by atoms with Crippen molar-refractivity contribution in [2.45, 2.75) is 6.18 Å². The molecule has 0 radical (unpaired) electrons. The lowest BCUT2D eigenvalue weighted by atomic mass is 10.0. The Labute approximate surface area is 140 Å². The van der Waals surface area contributed by atoms with Crippen LogP contribution in [0.4, 0.5) is 13.2 Å². The van der Waals surface area contributed by atoms with Crippen molar-refractivity contribution < 1.29 is 13.2 Å². The van der Waals surface area contributed by atoms with Crippen molar-refractivity contribution in [1.82, 2.24) is 9.38 Å². The SMILES string of the molecule is FC(F)(F)c1ccc2c3ccccc3c3nc4ccccc4n3c2c1. The van der Waals surface area contributed by atoms with Crippen molar-refractivity contribution >= 4 is 38.4 Å². The molecule has 0 N–H and O–H groups in total. The number of aromatic nitrogens is 2. The van der Waals surface area contributed by atoms with Crippen LogP contribution in [0.15, 0.2) is 66.7 Å². The van der Waals surface area contributed by atoms with E-state index >= 15 is 0 Å². The van der Waals surface area contributed by atoms with Crippen molar-refractivity contribution in [3.8, 4) is 0 Å². The molecule has 0 atom stereocenters. The first kappa shape index (κ1) is 14.3. The summed E-state index contributed by atoms with van der Waals surface area (Å²) in [6.07, 6.45) is -4.39. The summed E-state index contributed by atoms with van der Waals surface area (Å²) in [7, 11) is 0. The maximum absolute atomic E-state index is 13.2. The van der Waals surface area contributed by atoms with Crippen LogP contribution in [0.25, 0.3) is 38.4 Å². The van der Waals surface area contributed by atoms with E-state index in [2.05, 4.69) is 4.98 Å². The number of halogens is 3. The molecule has 25 heavy (non-hydrogen) atoms. The molecule has 0 spiro atoms. The number of hydrogen-bond donors (Lipinski definition) is 0. The fourth-order valence-electron chi connectivity index (χ4n) is 3.48. The molecule has 2 nitrogen and oxygen atoms in total. The molecule has 0 bridgehead atoms. The van der Waals surface area contributed by atoms with Gasteiger partial charge in [-0.25, -0.2) is 4.98 Å². The zero-order valence-corrected chi connectivity index (χ0v) is 12.9. The summed E-state index contributed by atoms with van der Waals surface area (Å²) in [6.45, 7) is 0. The van der Waals surface area contributed by atoms with E-state index < -0.39 is 11.7 Å². The summed E-state index contributed by atoms with van der Waals surface area (Å²) in [5, 5.41) is 2.60. The summed E-state index contributed by atoms with van der Waals surface area (Å²) in [6, 6.07) is 19.1. The first-order valence-electron chi connectivity index (χ1n) is 7.83. The molecular formula is C20H11F3N2. The molecule has 0 unspecified atom stereocenters. The lowest BCUT2D eigenvalue weighted by Gasteiger charge is -2.12. The molecule has 0 aliphatic heterocycles. The standard InChI is InChI=1S/C20H11F3N2/c21-20(22,23)12-9-10-14-13-5-1-2-6-15(13)19-24-16-7-3-4-8-17(16)25(19)18(14)11-12/h1-11H. The molecule has 5 aromatic rings. The summed E-state index contributed by atoms with van der Waals surface area (Å²) in [4.78, 5) is 4.67. The fraction of sp³-hybridized carbons (Fsp3) is 0.0500. The zero-order chi connectivity index (χ0) is 17.2. The maximum atomic E-state index is 13.2. The largest absolute Gasteiger partial charge is 0.416 e. The van der Waals surface area contributed by atoms with E-state index in [0.29, 0.717) is 11.2 Å². The van der Waals surface area contributed by atoms with Crippen LogP contribution in [0.3, 0.4) is 0 Å². The van der Waals surface area contributed by atoms with Gasteiger partial charge in [-0.15, -0.1) is 0 Å². The molecule has 0 aliphatic rings. The van der Waals surface area contributed by atoms with E-state index in [1.807, 2.05) is 52.9 Å². The topological polar surface area (TPSA) is 17.3 Å². The monoisotopic (exact) mass is 336 g/mol. The van der Waals surface area contributed by atoms with Crippen LogP contribution in [0.5, 0.6) is 0 Å². The van der Waals surface area contributed by atoms with Gasteiger partial charge in [0.1, 0.15) is 5.65 Å². The van der Waals surface area contributed by atoms with Crippen molar-refractivity contribution in [3.05, 3.63) is 72.3 Å². The van der Waals surface area contributed by atoms with Crippen LogP contribution in [0, 0.1) is 0 Å². The highest BCUT2D eigenvalue weighted by Crippen LogP contribution is 2.36. The van der Waals surface area contributed by atoms with Crippen molar-refractivity contribution in [1.29, 1.82) is 0 Å². The van der Waals surface area contributed by atoms with Gasteiger partial charge < -0.3 is 0 Å². The van der Waals surface area contributed by atoms with Gasteiger partial charge in [-0.1, -0.05) is 42.5 Å². The minimum absolute atomic E-state index is 0.511. The van der Waals surface area contributed by atoms with Crippen LogP contribution in [0.1, 0.15) is 5.56 Å². The first-order chi connectivity index (χ1) is 12.0.